The molecule has 0 aromatic heterocycles. The van der Waals surface area contributed by atoms with Crippen molar-refractivity contribution in [3.8, 4) is 0 Å². The van der Waals surface area contributed by atoms with E-state index in [1.807, 2.05) is 6.92 Å². The fourth-order valence-electron chi connectivity index (χ4n) is 1.87. The molecule has 0 aliphatic heterocycles. The predicted octanol–water partition coefficient (Wildman–Crippen LogP) is 1.49. The van der Waals surface area contributed by atoms with Crippen LogP contribution in [0.15, 0.2) is 29.2 Å². The molecule has 88 valence electrons. The summed E-state index contributed by atoms with van der Waals surface area (Å²) in [6.07, 6.45) is 2.87. The average molecular weight is 240 g/mol. The van der Waals surface area contributed by atoms with Gasteiger partial charge in [-0.3, -0.25) is 0 Å². The number of hydrogen-bond donors (Lipinski definition) is 2. The smallest absolute Gasteiger partial charge is 0.241 e. The first-order valence-electron chi connectivity index (χ1n) is 5.31. The first-order valence-corrected chi connectivity index (χ1v) is 6.79. The van der Waals surface area contributed by atoms with Gasteiger partial charge in [-0.05, 0) is 44.4 Å². The molecule has 2 rings (SSSR count). The topological polar surface area (TPSA) is 72.2 Å². The zero-order valence-corrected chi connectivity index (χ0v) is 10.0. The Bertz CT molecular complexity index is 492. The zero-order chi connectivity index (χ0) is 11.8. The summed E-state index contributed by atoms with van der Waals surface area (Å²) in [5, 5.41) is 0. The van der Waals surface area contributed by atoms with E-state index in [4.69, 9.17) is 5.73 Å². The summed E-state index contributed by atoms with van der Waals surface area (Å²) in [6.45, 7) is 1.93. The molecule has 5 heteroatoms. The highest BCUT2D eigenvalue weighted by atomic mass is 32.2. The molecule has 16 heavy (non-hydrogen) atoms. The van der Waals surface area contributed by atoms with Crippen molar-refractivity contribution in [2.75, 3.05) is 5.73 Å². The molecule has 1 saturated carbocycles. The summed E-state index contributed by atoms with van der Waals surface area (Å²) in [4.78, 5) is 0.237. The van der Waals surface area contributed by atoms with E-state index in [0.717, 1.165) is 19.3 Å². The second-order valence-electron chi connectivity index (χ2n) is 4.59. The second kappa shape index (κ2) is 3.75. The van der Waals surface area contributed by atoms with Crippen LogP contribution in [-0.4, -0.2) is 14.0 Å². The maximum Gasteiger partial charge on any atom is 0.241 e. The largest absolute Gasteiger partial charge is 0.399 e. The molecule has 0 heterocycles. The number of benzene rings is 1. The number of anilines is 1. The van der Waals surface area contributed by atoms with Gasteiger partial charge in [-0.1, -0.05) is 6.07 Å². The Morgan fingerprint density at radius 2 is 2.06 bits per heavy atom. The van der Waals surface area contributed by atoms with Crippen LogP contribution in [0.2, 0.25) is 0 Å². The van der Waals surface area contributed by atoms with E-state index >= 15 is 0 Å². The summed E-state index contributed by atoms with van der Waals surface area (Å²) < 4.78 is 26.8. The van der Waals surface area contributed by atoms with Gasteiger partial charge < -0.3 is 5.73 Å². The molecular weight excluding hydrogens is 224 g/mol. The summed E-state index contributed by atoms with van der Waals surface area (Å²) in [5.74, 6) is 0. The minimum atomic E-state index is -3.43. The molecule has 1 aliphatic carbocycles. The van der Waals surface area contributed by atoms with Crippen molar-refractivity contribution in [3.05, 3.63) is 24.3 Å². The Hall–Kier alpha value is -1.07. The first kappa shape index (κ1) is 11.4. The van der Waals surface area contributed by atoms with Gasteiger partial charge in [-0.25, -0.2) is 13.1 Å². The first-order chi connectivity index (χ1) is 7.41. The van der Waals surface area contributed by atoms with E-state index in [2.05, 4.69) is 4.72 Å². The fraction of sp³-hybridized carbons (Fsp3) is 0.455. The monoisotopic (exact) mass is 240 g/mol. The fourth-order valence-corrected chi connectivity index (χ4v) is 3.39. The number of hydrogen-bond acceptors (Lipinski definition) is 3. The van der Waals surface area contributed by atoms with Crippen molar-refractivity contribution in [3.63, 3.8) is 0 Å². The van der Waals surface area contributed by atoms with E-state index < -0.39 is 10.0 Å². The Morgan fingerprint density at radius 3 is 2.56 bits per heavy atom. The summed E-state index contributed by atoms with van der Waals surface area (Å²) in [5.41, 5.74) is 5.76. The van der Waals surface area contributed by atoms with Gasteiger partial charge in [0.15, 0.2) is 0 Å². The Kier molecular flexibility index (Phi) is 2.67. The van der Waals surface area contributed by atoms with Crippen LogP contribution < -0.4 is 10.5 Å². The van der Waals surface area contributed by atoms with E-state index in [1.165, 1.54) is 6.07 Å². The average Bonchev–Trinajstić information content (AvgIpc) is 2.15. The minimum Gasteiger partial charge on any atom is -0.399 e. The molecule has 0 spiro atoms. The van der Waals surface area contributed by atoms with Gasteiger partial charge in [0, 0.05) is 11.2 Å². The van der Waals surface area contributed by atoms with Crippen molar-refractivity contribution in [1.29, 1.82) is 0 Å². The van der Waals surface area contributed by atoms with Gasteiger partial charge in [0.05, 0.1) is 4.90 Å². The lowest BCUT2D eigenvalue weighted by molar-refractivity contribution is 0.248. The molecule has 1 fully saturated rings. The third-order valence-corrected chi connectivity index (χ3v) is 4.64. The Morgan fingerprint density at radius 1 is 1.38 bits per heavy atom. The molecule has 3 N–H and O–H groups in total. The molecule has 0 atom stereocenters. The summed E-state index contributed by atoms with van der Waals surface area (Å²) in [7, 11) is -3.43. The Balaban J connectivity index is 2.25. The molecule has 4 nitrogen and oxygen atoms in total. The van der Waals surface area contributed by atoms with Gasteiger partial charge >= 0.3 is 0 Å². The number of sulfonamides is 1. The van der Waals surface area contributed by atoms with Crippen molar-refractivity contribution in [2.45, 2.75) is 36.6 Å². The van der Waals surface area contributed by atoms with Gasteiger partial charge in [-0.2, -0.15) is 0 Å². The molecular formula is C11H16N2O2S. The van der Waals surface area contributed by atoms with Gasteiger partial charge in [-0.15, -0.1) is 0 Å². The lowest BCUT2D eigenvalue weighted by atomic mass is 9.80. The maximum absolute atomic E-state index is 12.0. The van der Waals surface area contributed by atoms with Crippen molar-refractivity contribution in [2.24, 2.45) is 0 Å². The van der Waals surface area contributed by atoms with Crippen LogP contribution in [0.5, 0.6) is 0 Å². The molecule has 0 amide bonds. The van der Waals surface area contributed by atoms with Crippen LogP contribution in [0.4, 0.5) is 5.69 Å². The summed E-state index contributed by atoms with van der Waals surface area (Å²) in [6, 6.07) is 6.35. The number of nitrogen functional groups attached to an aromatic ring is 1. The van der Waals surface area contributed by atoms with E-state index in [-0.39, 0.29) is 10.4 Å². The molecule has 0 radical (unpaired) electrons. The normalized spacial score (nSPS) is 19.1. The van der Waals surface area contributed by atoms with Crippen molar-refractivity contribution in [1.82, 2.24) is 4.72 Å². The highest BCUT2D eigenvalue weighted by Crippen LogP contribution is 2.32. The maximum atomic E-state index is 12.0. The lowest BCUT2D eigenvalue weighted by Crippen LogP contribution is -2.50. The van der Waals surface area contributed by atoms with Crippen LogP contribution in [0.3, 0.4) is 0 Å². The van der Waals surface area contributed by atoms with Crippen LogP contribution in [0.25, 0.3) is 0 Å². The SMILES string of the molecule is CC1(NS(=O)(=O)c2cccc(N)c2)CCC1. The molecule has 1 aromatic carbocycles. The molecule has 1 aliphatic rings. The molecule has 0 saturated heterocycles. The minimum absolute atomic E-state index is 0.237. The van der Waals surface area contributed by atoms with Crippen molar-refractivity contribution < 1.29 is 8.42 Å². The third-order valence-electron chi connectivity index (χ3n) is 3.01. The van der Waals surface area contributed by atoms with Gasteiger partial charge in [0.2, 0.25) is 10.0 Å². The summed E-state index contributed by atoms with van der Waals surface area (Å²) >= 11 is 0. The van der Waals surface area contributed by atoms with Crippen LogP contribution in [-0.2, 0) is 10.0 Å². The van der Waals surface area contributed by atoms with Crippen LogP contribution in [0.1, 0.15) is 26.2 Å². The number of nitrogens with two attached hydrogens (primary N) is 1. The second-order valence-corrected chi connectivity index (χ2v) is 6.27. The molecule has 0 bridgehead atoms. The molecule has 0 unspecified atom stereocenters. The molecule has 1 aromatic rings. The van der Waals surface area contributed by atoms with Crippen LogP contribution in [0, 0.1) is 0 Å². The number of rotatable bonds is 3. The highest BCUT2D eigenvalue weighted by Gasteiger charge is 2.36. The standard InChI is InChI=1S/C11H16N2O2S/c1-11(6-3-7-11)13-16(14,15)10-5-2-4-9(12)8-10/h2,4-5,8,13H,3,6-7,12H2,1H3. The van der Waals surface area contributed by atoms with E-state index in [1.54, 1.807) is 18.2 Å². The lowest BCUT2D eigenvalue weighted by Gasteiger charge is -2.38. The quantitative estimate of drug-likeness (QED) is 0.786. The number of nitrogens with one attached hydrogen (secondary N) is 1. The van der Waals surface area contributed by atoms with Crippen LogP contribution >= 0.6 is 0 Å². The Labute approximate surface area is 95.9 Å². The van der Waals surface area contributed by atoms with Crippen molar-refractivity contribution >= 4 is 15.7 Å². The van der Waals surface area contributed by atoms with Gasteiger partial charge in [0.1, 0.15) is 0 Å². The highest BCUT2D eigenvalue weighted by molar-refractivity contribution is 7.89. The third kappa shape index (κ3) is 2.20. The zero-order valence-electron chi connectivity index (χ0n) is 9.23. The van der Waals surface area contributed by atoms with Gasteiger partial charge in [0.25, 0.3) is 0 Å². The predicted molar refractivity (Wildman–Crippen MR) is 63.4 cm³/mol. The van der Waals surface area contributed by atoms with E-state index in [9.17, 15) is 8.42 Å². The van der Waals surface area contributed by atoms with E-state index in [0.29, 0.717) is 5.69 Å².